The summed E-state index contributed by atoms with van der Waals surface area (Å²) in [6.07, 6.45) is 0. The molecule has 0 fully saturated rings. The van der Waals surface area contributed by atoms with Gasteiger partial charge in [-0.25, -0.2) is 4.98 Å². The number of nitro benzene ring substituents is 1. The maximum absolute atomic E-state index is 13.0. The van der Waals surface area contributed by atoms with Crippen LogP contribution in [0.2, 0.25) is 5.02 Å². The van der Waals surface area contributed by atoms with Gasteiger partial charge in [-0.1, -0.05) is 41.4 Å². The quantitative estimate of drug-likeness (QED) is 0.299. The van der Waals surface area contributed by atoms with E-state index in [1.165, 1.54) is 29.5 Å². The molecule has 2 aromatic carbocycles. The molecule has 1 N–H and O–H groups in total. The summed E-state index contributed by atoms with van der Waals surface area (Å²) in [5.74, 6) is 0.531. The van der Waals surface area contributed by atoms with Crippen molar-refractivity contribution in [2.24, 2.45) is 0 Å². The van der Waals surface area contributed by atoms with Gasteiger partial charge in [-0.05, 0) is 38.1 Å². The lowest BCUT2D eigenvalue weighted by Gasteiger charge is -2.16. The van der Waals surface area contributed by atoms with Gasteiger partial charge in [0, 0.05) is 34.1 Å². The van der Waals surface area contributed by atoms with Crippen LogP contribution in [0.1, 0.15) is 21.8 Å². The highest BCUT2D eigenvalue weighted by molar-refractivity contribution is 7.19. The first-order chi connectivity index (χ1) is 15.2. The highest BCUT2D eigenvalue weighted by Crippen LogP contribution is 2.35. The number of halogens is 1. The molecule has 164 valence electrons. The Morgan fingerprint density at radius 1 is 1.16 bits per heavy atom. The molecule has 0 unspecified atom stereocenters. The van der Waals surface area contributed by atoms with E-state index in [2.05, 4.69) is 4.98 Å². The van der Waals surface area contributed by atoms with E-state index in [-0.39, 0.29) is 11.2 Å². The molecule has 9 heteroatoms. The van der Waals surface area contributed by atoms with E-state index in [0.717, 1.165) is 21.6 Å². The molecule has 0 aliphatic heterocycles. The number of nitrogens with zero attached hydrogens (tertiary/aromatic N) is 3. The van der Waals surface area contributed by atoms with Crippen LogP contribution in [0.3, 0.4) is 0 Å². The van der Waals surface area contributed by atoms with Crippen LogP contribution in [0, 0.1) is 24.0 Å². The van der Waals surface area contributed by atoms with Crippen LogP contribution < -0.4 is 5.56 Å². The Morgan fingerprint density at radius 2 is 1.88 bits per heavy atom. The average Bonchev–Trinajstić information content (AvgIpc) is 3.06. The van der Waals surface area contributed by atoms with E-state index in [0.29, 0.717) is 39.7 Å². The lowest BCUT2D eigenvalue weighted by Crippen LogP contribution is -2.22. The molecule has 2 aromatic heterocycles. The van der Waals surface area contributed by atoms with Gasteiger partial charge >= 0.3 is 0 Å². The van der Waals surface area contributed by atoms with E-state index < -0.39 is 4.92 Å². The van der Waals surface area contributed by atoms with E-state index in [9.17, 15) is 14.9 Å². The molecule has 2 heterocycles. The van der Waals surface area contributed by atoms with Gasteiger partial charge in [-0.15, -0.1) is 11.3 Å². The number of nitrogens with one attached hydrogen (secondary N) is 1. The Morgan fingerprint density at radius 3 is 2.56 bits per heavy atom. The number of nitro groups is 1. The van der Waals surface area contributed by atoms with Gasteiger partial charge < -0.3 is 4.98 Å². The molecule has 0 atom stereocenters. The van der Waals surface area contributed by atoms with Crippen LogP contribution in [0.15, 0.2) is 47.3 Å². The average molecular weight is 469 g/mol. The second kappa shape index (κ2) is 8.82. The van der Waals surface area contributed by atoms with Gasteiger partial charge in [0.1, 0.15) is 10.7 Å². The van der Waals surface area contributed by atoms with E-state index in [1.54, 1.807) is 0 Å². The zero-order valence-corrected chi connectivity index (χ0v) is 19.4. The van der Waals surface area contributed by atoms with Crippen LogP contribution in [0.5, 0.6) is 0 Å². The molecule has 0 aliphatic carbocycles. The van der Waals surface area contributed by atoms with Gasteiger partial charge in [0.2, 0.25) is 0 Å². The summed E-state index contributed by atoms with van der Waals surface area (Å²) >= 11 is 7.72. The minimum absolute atomic E-state index is 0.0107. The Labute approximate surface area is 193 Å². The summed E-state index contributed by atoms with van der Waals surface area (Å²) in [4.78, 5) is 34.8. The number of hydrogen-bond acceptors (Lipinski definition) is 6. The molecule has 0 aliphatic rings. The maximum atomic E-state index is 13.0. The second-order valence-corrected chi connectivity index (χ2v) is 9.41. The number of hydrogen-bond donors (Lipinski definition) is 1. The van der Waals surface area contributed by atoms with Crippen molar-refractivity contribution in [3.05, 3.63) is 89.8 Å². The summed E-state index contributed by atoms with van der Waals surface area (Å²) in [6.45, 7) is 4.76. The molecular weight excluding hydrogens is 448 g/mol. The van der Waals surface area contributed by atoms with E-state index in [1.807, 2.05) is 50.1 Å². The summed E-state index contributed by atoms with van der Waals surface area (Å²) in [5, 5.41) is 12.1. The third-order valence-corrected chi connectivity index (χ3v) is 6.60. The van der Waals surface area contributed by atoms with Crippen molar-refractivity contribution < 1.29 is 4.92 Å². The van der Waals surface area contributed by atoms with Crippen LogP contribution in [0.4, 0.5) is 5.69 Å². The van der Waals surface area contributed by atoms with Gasteiger partial charge in [-0.2, -0.15) is 0 Å². The SMILES string of the molecule is Cc1ccc(-c2c(C)sc3nc(CN(C)Cc4cc([N+](=O)[O-])ccc4Cl)[nH]c(=O)c23)cc1. The molecule has 0 radical (unpaired) electrons. The van der Waals surface area contributed by atoms with Gasteiger partial charge in [-0.3, -0.25) is 19.8 Å². The fraction of sp³-hybridized carbons (Fsp3) is 0.217. The van der Waals surface area contributed by atoms with Crippen LogP contribution in [0.25, 0.3) is 21.3 Å². The molecule has 32 heavy (non-hydrogen) atoms. The van der Waals surface area contributed by atoms with Gasteiger partial charge in [0.05, 0.1) is 16.9 Å². The number of non-ortho nitro benzene ring substituents is 1. The molecule has 0 spiro atoms. The van der Waals surface area contributed by atoms with Crippen molar-refractivity contribution in [2.45, 2.75) is 26.9 Å². The summed E-state index contributed by atoms with van der Waals surface area (Å²) in [5.41, 5.74) is 3.53. The standard InChI is InChI=1S/C23H21ClN4O3S/c1-13-4-6-15(7-5-13)20-14(2)32-23-21(20)22(29)25-19(26-23)12-27(3)11-16-10-17(28(30)31)8-9-18(16)24/h4-10H,11-12H2,1-3H3,(H,25,26,29). The number of aromatic nitrogens is 2. The number of thiophene rings is 1. The molecule has 7 nitrogen and oxygen atoms in total. The van der Waals surface area contributed by atoms with Crippen molar-refractivity contribution >= 4 is 38.8 Å². The van der Waals surface area contributed by atoms with Crippen LogP contribution in [-0.2, 0) is 13.1 Å². The molecule has 4 rings (SSSR count). The highest BCUT2D eigenvalue weighted by atomic mass is 35.5. The second-order valence-electron chi connectivity index (χ2n) is 7.80. The maximum Gasteiger partial charge on any atom is 0.269 e. The third-order valence-electron chi connectivity index (χ3n) is 5.23. The zero-order chi connectivity index (χ0) is 23.0. The van der Waals surface area contributed by atoms with Crippen molar-refractivity contribution in [3.8, 4) is 11.1 Å². The van der Waals surface area contributed by atoms with Crippen molar-refractivity contribution in [1.29, 1.82) is 0 Å². The number of H-pyrrole nitrogens is 1. The Kier molecular flexibility index (Phi) is 6.10. The Bertz CT molecular complexity index is 1380. The first kappa shape index (κ1) is 22.1. The molecule has 0 amide bonds. The Hall–Kier alpha value is -3.07. The van der Waals surface area contributed by atoms with Crippen LogP contribution >= 0.6 is 22.9 Å². The lowest BCUT2D eigenvalue weighted by molar-refractivity contribution is -0.384. The van der Waals surface area contributed by atoms with Crippen molar-refractivity contribution in [3.63, 3.8) is 0 Å². The minimum Gasteiger partial charge on any atom is -0.309 e. The fourth-order valence-electron chi connectivity index (χ4n) is 3.70. The first-order valence-corrected chi connectivity index (χ1v) is 11.1. The van der Waals surface area contributed by atoms with E-state index >= 15 is 0 Å². The monoisotopic (exact) mass is 468 g/mol. The normalized spacial score (nSPS) is 11.4. The molecule has 0 bridgehead atoms. The number of benzene rings is 2. The third kappa shape index (κ3) is 4.43. The largest absolute Gasteiger partial charge is 0.309 e. The number of rotatable bonds is 6. The first-order valence-electron chi connectivity index (χ1n) is 9.93. The van der Waals surface area contributed by atoms with E-state index in [4.69, 9.17) is 16.6 Å². The Balaban J connectivity index is 1.62. The minimum atomic E-state index is -0.447. The number of aromatic amines is 1. The number of aryl methyl sites for hydroxylation is 2. The highest BCUT2D eigenvalue weighted by Gasteiger charge is 2.18. The predicted octanol–water partition coefficient (Wildman–Crippen LogP) is 5.46. The smallest absolute Gasteiger partial charge is 0.269 e. The molecule has 0 saturated heterocycles. The lowest BCUT2D eigenvalue weighted by atomic mass is 10.0. The van der Waals surface area contributed by atoms with Gasteiger partial charge in [0.15, 0.2) is 0 Å². The predicted molar refractivity (Wildman–Crippen MR) is 128 cm³/mol. The topological polar surface area (TPSA) is 92.1 Å². The number of fused-ring (bicyclic) bond motifs is 1. The van der Waals surface area contributed by atoms with Crippen molar-refractivity contribution in [1.82, 2.24) is 14.9 Å². The fourth-order valence-corrected chi connectivity index (χ4v) is 4.95. The van der Waals surface area contributed by atoms with Crippen molar-refractivity contribution in [2.75, 3.05) is 7.05 Å². The summed E-state index contributed by atoms with van der Waals surface area (Å²) < 4.78 is 0. The van der Waals surface area contributed by atoms with Crippen LogP contribution in [-0.4, -0.2) is 26.8 Å². The summed E-state index contributed by atoms with van der Waals surface area (Å²) in [6, 6.07) is 12.5. The molecular formula is C23H21ClN4O3S. The zero-order valence-electron chi connectivity index (χ0n) is 17.8. The van der Waals surface area contributed by atoms with Gasteiger partial charge in [0.25, 0.3) is 11.2 Å². The summed E-state index contributed by atoms with van der Waals surface area (Å²) in [7, 11) is 1.84. The molecule has 0 saturated carbocycles. The molecule has 4 aromatic rings.